The van der Waals surface area contributed by atoms with Crippen molar-refractivity contribution < 1.29 is 19.1 Å². The Bertz CT molecular complexity index is 866. The lowest BCUT2D eigenvalue weighted by molar-refractivity contribution is -0.150. The van der Waals surface area contributed by atoms with Gasteiger partial charge >= 0.3 is 0 Å². The summed E-state index contributed by atoms with van der Waals surface area (Å²) in [5, 5.41) is 0. The summed E-state index contributed by atoms with van der Waals surface area (Å²) in [5.74, 6) is 0.801. The lowest BCUT2D eigenvalue weighted by Crippen LogP contribution is -2.51. The minimum atomic E-state index is -0.328. The number of carbonyl (C=O) groups is 3. The Balaban J connectivity index is 1.77. The molecule has 1 aromatic rings. The first-order chi connectivity index (χ1) is 16.9. The van der Waals surface area contributed by atoms with Gasteiger partial charge in [0.05, 0.1) is 19.1 Å². The van der Waals surface area contributed by atoms with Crippen LogP contribution in [0.3, 0.4) is 0 Å². The third-order valence-electron chi connectivity index (χ3n) is 7.61. The molecule has 194 valence electrons. The van der Waals surface area contributed by atoms with Crippen LogP contribution in [0.1, 0.15) is 76.8 Å². The number of piperidine rings is 2. The molecule has 0 aliphatic carbocycles. The molecule has 0 saturated carbocycles. The summed E-state index contributed by atoms with van der Waals surface area (Å²) in [4.78, 5) is 45.4. The van der Waals surface area contributed by atoms with Gasteiger partial charge in [-0.1, -0.05) is 44.9 Å². The van der Waals surface area contributed by atoms with Crippen molar-refractivity contribution in [2.75, 3.05) is 40.3 Å². The summed E-state index contributed by atoms with van der Waals surface area (Å²) in [6, 6.07) is 7.42. The second-order valence-corrected chi connectivity index (χ2v) is 9.99. The molecule has 2 aliphatic heterocycles. The minimum Gasteiger partial charge on any atom is -0.496 e. The maximum atomic E-state index is 13.9. The molecule has 2 aliphatic rings. The number of ether oxygens (including phenoxy) is 1. The molecule has 0 N–H and O–H groups in total. The first kappa shape index (κ1) is 27.0. The molecule has 0 spiro atoms. The van der Waals surface area contributed by atoms with E-state index in [2.05, 4.69) is 13.8 Å². The largest absolute Gasteiger partial charge is 0.496 e. The fourth-order valence-electron chi connectivity index (χ4n) is 5.50. The van der Waals surface area contributed by atoms with Gasteiger partial charge < -0.3 is 19.4 Å². The topological polar surface area (TPSA) is 70.2 Å². The van der Waals surface area contributed by atoms with Gasteiger partial charge in [0.2, 0.25) is 17.7 Å². The van der Waals surface area contributed by atoms with E-state index in [1.165, 1.54) is 0 Å². The zero-order valence-electron chi connectivity index (χ0n) is 22.0. The fourth-order valence-corrected chi connectivity index (χ4v) is 5.50. The van der Waals surface area contributed by atoms with Crippen molar-refractivity contribution in [3.8, 4) is 5.75 Å². The monoisotopic (exact) mass is 485 g/mol. The van der Waals surface area contributed by atoms with E-state index in [0.29, 0.717) is 51.1 Å². The van der Waals surface area contributed by atoms with E-state index in [1.54, 1.807) is 7.11 Å². The molecule has 3 amide bonds. The predicted molar refractivity (Wildman–Crippen MR) is 137 cm³/mol. The van der Waals surface area contributed by atoms with Gasteiger partial charge in [-0.25, -0.2) is 0 Å². The van der Waals surface area contributed by atoms with Gasteiger partial charge in [-0.15, -0.1) is 0 Å². The Morgan fingerprint density at radius 2 is 1.74 bits per heavy atom. The minimum absolute atomic E-state index is 0.0140. The van der Waals surface area contributed by atoms with Crippen molar-refractivity contribution in [1.29, 1.82) is 0 Å². The molecule has 3 rings (SSSR count). The van der Waals surface area contributed by atoms with Gasteiger partial charge in [0.15, 0.2) is 0 Å². The summed E-state index contributed by atoms with van der Waals surface area (Å²) in [5.41, 5.74) is 0.903. The molecule has 0 radical (unpaired) electrons. The zero-order valence-corrected chi connectivity index (χ0v) is 22.0. The van der Waals surface area contributed by atoms with Crippen LogP contribution < -0.4 is 4.74 Å². The van der Waals surface area contributed by atoms with Crippen molar-refractivity contribution in [2.45, 2.75) is 71.3 Å². The number of benzene rings is 1. The van der Waals surface area contributed by atoms with Crippen molar-refractivity contribution in [3.05, 3.63) is 29.8 Å². The van der Waals surface area contributed by atoms with Crippen LogP contribution in [0.2, 0.25) is 0 Å². The molecule has 0 bridgehead atoms. The number of rotatable bonds is 10. The molecule has 7 nitrogen and oxygen atoms in total. The summed E-state index contributed by atoms with van der Waals surface area (Å²) in [6.07, 6.45) is 6.30. The summed E-state index contributed by atoms with van der Waals surface area (Å²) in [7, 11) is 3.52. The van der Waals surface area contributed by atoms with Crippen molar-refractivity contribution >= 4 is 17.7 Å². The fraction of sp³-hybridized carbons (Fsp3) is 0.679. The lowest BCUT2D eigenvalue weighted by atomic mass is 9.82. The molecule has 7 heteroatoms. The molecular formula is C28H43N3O4. The van der Waals surface area contributed by atoms with Gasteiger partial charge in [-0.05, 0) is 38.2 Å². The molecule has 2 heterocycles. The Morgan fingerprint density at radius 1 is 1.06 bits per heavy atom. The Labute approximate surface area is 210 Å². The van der Waals surface area contributed by atoms with Gasteiger partial charge in [0.25, 0.3) is 0 Å². The molecule has 1 aromatic carbocycles. The highest BCUT2D eigenvalue weighted by Crippen LogP contribution is 2.42. The highest BCUT2D eigenvalue weighted by atomic mass is 16.5. The number of carbonyl (C=O) groups excluding carboxylic acids is 3. The summed E-state index contributed by atoms with van der Waals surface area (Å²) >= 11 is 0. The van der Waals surface area contributed by atoms with Crippen LogP contribution in [0.4, 0.5) is 0 Å². The zero-order chi connectivity index (χ0) is 25.4. The number of para-hydroxylation sites is 1. The molecule has 0 aromatic heterocycles. The van der Waals surface area contributed by atoms with Crippen LogP contribution in [0, 0.1) is 11.8 Å². The first-order valence-electron chi connectivity index (χ1n) is 13.4. The first-order valence-corrected chi connectivity index (χ1v) is 13.4. The predicted octanol–water partition coefficient (Wildman–Crippen LogP) is 4.27. The van der Waals surface area contributed by atoms with E-state index in [-0.39, 0.29) is 35.6 Å². The standard InChI is InChI=1S/C28H43N3O4/c1-5-7-17-29(3)27(33)21-15-19-30(20-16-21)28(34)23-13-14-25(32)31(18-8-6-2)26(23)22-11-9-10-12-24(22)35-4/h9-12,21,23,26H,5-8,13-20H2,1-4H3. The van der Waals surface area contributed by atoms with Crippen LogP contribution in [-0.4, -0.2) is 72.8 Å². The van der Waals surface area contributed by atoms with Crippen molar-refractivity contribution in [1.82, 2.24) is 14.7 Å². The van der Waals surface area contributed by atoms with E-state index in [4.69, 9.17) is 4.74 Å². The van der Waals surface area contributed by atoms with E-state index in [1.807, 2.05) is 46.0 Å². The van der Waals surface area contributed by atoms with Crippen LogP contribution in [0.25, 0.3) is 0 Å². The number of unbranched alkanes of at least 4 members (excludes halogenated alkanes) is 2. The lowest BCUT2D eigenvalue weighted by Gasteiger charge is -2.44. The average Bonchev–Trinajstić information content (AvgIpc) is 2.90. The van der Waals surface area contributed by atoms with E-state index >= 15 is 0 Å². The van der Waals surface area contributed by atoms with E-state index < -0.39 is 0 Å². The van der Waals surface area contributed by atoms with Gasteiger partial charge in [0.1, 0.15) is 5.75 Å². The molecule has 35 heavy (non-hydrogen) atoms. The third-order valence-corrected chi connectivity index (χ3v) is 7.61. The Hall–Kier alpha value is -2.57. The summed E-state index contributed by atoms with van der Waals surface area (Å²) in [6.45, 7) is 6.86. The number of nitrogens with zero attached hydrogens (tertiary/aromatic N) is 3. The average molecular weight is 486 g/mol. The molecule has 2 saturated heterocycles. The Morgan fingerprint density at radius 3 is 2.40 bits per heavy atom. The van der Waals surface area contributed by atoms with Gasteiger partial charge in [-0.2, -0.15) is 0 Å². The van der Waals surface area contributed by atoms with Crippen LogP contribution >= 0.6 is 0 Å². The van der Waals surface area contributed by atoms with E-state index in [0.717, 1.165) is 37.8 Å². The number of amides is 3. The number of hydrogen-bond acceptors (Lipinski definition) is 4. The molecule has 2 unspecified atom stereocenters. The quantitative estimate of drug-likeness (QED) is 0.496. The van der Waals surface area contributed by atoms with E-state index in [9.17, 15) is 14.4 Å². The maximum absolute atomic E-state index is 13.9. The smallest absolute Gasteiger partial charge is 0.228 e. The van der Waals surface area contributed by atoms with Gasteiger partial charge in [0, 0.05) is 51.1 Å². The van der Waals surface area contributed by atoms with Crippen molar-refractivity contribution in [2.24, 2.45) is 11.8 Å². The number of methoxy groups -OCH3 is 1. The highest BCUT2D eigenvalue weighted by Gasteiger charge is 2.43. The van der Waals surface area contributed by atoms with Gasteiger partial charge in [-0.3, -0.25) is 14.4 Å². The maximum Gasteiger partial charge on any atom is 0.228 e. The van der Waals surface area contributed by atoms with Crippen LogP contribution in [0.5, 0.6) is 5.75 Å². The second kappa shape index (κ2) is 12.9. The molecule has 2 atom stereocenters. The third kappa shape index (κ3) is 6.36. The SMILES string of the molecule is CCCCN(C)C(=O)C1CCN(C(=O)C2CCC(=O)N(CCCC)C2c2ccccc2OC)CC1. The van der Waals surface area contributed by atoms with Crippen LogP contribution in [-0.2, 0) is 14.4 Å². The Kier molecular flexibility index (Phi) is 9.99. The van der Waals surface area contributed by atoms with Crippen molar-refractivity contribution in [3.63, 3.8) is 0 Å². The highest BCUT2D eigenvalue weighted by molar-refractivity contribution is 5.86. The molecule has 2 fully saturated rings. The van der Waals surface area contributed by atoms with Crippen LogP contribution in [0.15, 0.2) is 24.3 Å². The number of hydrogen-bond donors (Lipinski definition) is 0. The summed E-state index contributed by atoms with van der Waals surface area (Å²) < 4.78 is 5.65. The normalized spacial score (nSPS) is 21.2. The second-order valence-electron chi connectivity index (χ2n) is 9.99. The number of likely N-dealkylation sites (tertiary alicyclic amines) is 2. The molecular weight excluding hydrogens is 442 g/mol.